The number of carbonyl (C=O) groups excluding carboxylic acids is 3. The highest BCUT2D eigenvalue weighted by Gasteiger charge is 2.69. The van der Waals surface area contributed by atoms with Crippen LogP contribution in [0, 0.1) is 0 Å². The predicted octanol–water partition coefficient (Wildman–Crippen LogP) is 2.89. The van der Waals surface area contributed by atoms with E-state index in [-0.39, 0.29) is 30.8 Å². The maximum absolute atomic E-state index is 14.5. The van der Waals surface area contributed by atoms with E-state index in [4.69, 9.17) is 4.42 Å². The average Bonchev–Trinajstić information content (AvgIpc) is 3.41. The molecule has 2 saturated heterocycles. The molecule has 36 heavy (non-hydrogen) atoms. The predicted molar refractivity (Wildman–Crippen MR) is 132 cm³/mol. The lowest BCUT2D eigenvalue weighted by molar-refractivity contribution is -0.162. The lowest BCUT2D eigenvalue weighted by atomic mass is 9.78. The zero-order valence-corrected chi connectivity index (χ0v) is 22.0. The van der Waals surface area contributed by atoms with Crippen molar-refractivity contribution in [2.24, 2.45) is 0 Å². The first-order valence-corrected chi connectivity index (χ1v) is 14.8. The van der Waals surface area contributed by atoms with Crippen molar-refractivity contribution in [1.82, 2.24) is 15.1 Å². The van der Waals surface area contributed by atoms with Crippen LogP contribution < -0.4 is 5.32 Å². The molecule has 1 aromatic heterocycles. The van der Waals surface area contributed by atoms with Crippen molar-refractivity contribution in [3.8, 4) is 0 Å². The number of hydrogen-bond acceptors (Lipinski definition) is 6. The molecule has 2 saturated carbocycles. The van der Waals surface area contributed by atoms with Gasteiger partial charge < -0.3 is 19.5 Å². The largest absolute Gasteiger partial charge is 0.467 e. The van der Waals surface area contributed by atoms with E-state index in [1.54, 1.807) is 17.0 Å². The molecule has 4 aliphatic rings. The van der Waals surface area contributed by atoms with Gasteiger partial charge in [-0.3, -0.25) is 14.4 Å². The third kappa shape index (κ3) is 3.87. The molecule has 2 aliphatic carbocycles. The highest BCUT2D eigenvalue weighted by atomic mass is 32.2. The fraction of sp³-hybridized carbons (Fsp3) is 0.731. The number of sulfone groups is 1. The molecular formula is C26H37N3O6S. The molecule has 3 amide bonds. The zero-order chi connectivity index (χ0) is 25.7. The van der Waals surface area contributed by atoms with Gasteiger partial charge in [-0.1, -0.05) is 38.5 Å². The van der Waals surface area contributed by atoms with Crippen LogP contribution in [0.5, 0.6) is 0 Å². The molecule has 5 rings (SSSR count). The van der Waals surface area contributed by atoms with E-state index in [1.165, 1.54) is 25.0 Å². The van der Waals surface area contributed by atoms with Gasteiger partial charge in [-0.15, -0.1) is 0 Å². The third-order valence-corrected chi connectivity index (χ3v) is 11.7. The summed E-state index contributed by atoms with van der Waals surface area (Å²) in [7, 11) is -3.75. The summed E-state index contributed by atoms with van der Waals surface area (Å²) < 4.78 is 30.7. The summed E-state index contributed by atoms with van der Waals surface area (Å²) in [5.41, 5.74) is -1.12. The highest BCUT2D eigenvalue weighted by Crippen LogP contribution is 2.48. The Bertz CT molecular complexity index is 1120. The average molecular weight is 520 g/mol. The summed E-state index contributed by atoms with van der Waals surface area (Å²) in [4.78, 5) is 43.9. The van der Waals surface area contributed by atoms with Gasteiger partial charge >= 0.3 is 0 Å². The van der Waals surface area contributed by atoms with Crippen LogP contribution in [0.4, 0.5) is 0 Å². The first kappa shape index (κ1) is 25.3. The van der Waals surface area contributed by atoms with Crippen LogP contribution in [0.15, 0.2) is 22.8 Å². The van der Waals surface area contributed by atoms with E-state index in [0.717, 1.165) is 51.4 Å². The van der Waals surface area contributed by atoms with Crippen LogP contribution in [0.1, 0.15) is 90.2 Å². The van der Waals surface area contributed by atoms with Crippen molar-refractivity contribution in [3.05, 3.63) is 24.2 Å². The minimum Gasteiger partial charge on any atom is -0.467 e. The van der Waals surface area contributed by atoms with Crippen LogP contribution in [0.25, 0.3) is 0 Å². The Labute approximate surface area is 212 Å². The van der Waals surface area contributed by atoms with Crippen molar-refractivity contribution in [1.29, 1.82) is 0 Å². The molecule has 0 bridgehead atoms. The van der Waals surface area contributed by atoms with Gasteiger partial charge in [0.2, 0.25) is 17.7 Å². The summed E-state index contributed by atoms with van der Waals surface area (Å²) in [6.07, 6.45) is 10.1. The first-order valence-electron chi connectivity index (χ1n) is 13.3. The van der Waals surface area contributed by atoms with Crippen molar-refractivity contribution >= 4 is 27.6 Å². The van der Waals surface area contributed by atoms with E-state index < -0.39 is 37.4 Å². The minimum atomic E-state index is -3.75. The Morgan fingerprint density at radius 1 is 1.11 bits per heavy atom. The fourth-order valence-corrected chi connectivity index (χ4v) is 8.82. The third-order valence-electron chi connectivity index (χ3n) is 8.93. The molecule has 2 aliphatic heterocycles. The molecule has 4 fully saturated rings. The summed E-state index contributed by atoms with van der Waals surface area (Å²) in [5.74, 6) is -0.478. The molecule has 9 nitrogen and oxygen atoms in total. The second-order valence-electron chi connectivity index (χ2n) is 11.4. The van der Waals surface area contributed by atoms with Gasteiger partial charge in [0.05, 0.1) is 24.0 Å². The summed E-state index contributed by atoms with van der Waals surface area (Å²) in [6, 6.07) is 2.39. The van der Waals surface area contributed by atoms with Crippen LogP contribution in [0.3, 0.4) is 0 Å². The Hall–Kier alpha value is -2.36. The molecule has 0 aromatic carbocycles. The Kier molecular flexibility index (Phi) is 6.46. The molecule has 3 heterocycles. The van der Waals surface area contributed by atoms with Crippen molar-refractivity contribution in [3.63, 3.8) is 0 Å². The zero-order valence-electron chi connectivity index (χ0n) is 21.2. The smallest absolute Gasteiger partial charge is 0.248 e. The molecule has 10 heteroatoms. The number of amides is 3. The van der Waals surface area contributed by atoms with Gasteiger partial charge in [-0.2, -0.15) is 0 Å². The minimum absolute atomic E-state index is 0.0449. The molecule has 1 aromatic rings. The number of fused-ring (bicyclic) bond motifs is 1. The maximum atomic E-state index is 14.5. The van der Waals surface area contributed by atoms with Crippen molar-refractivity contribution < 1.29 is 27.2 Å². The van der Waals surface area contributed by atoms with E-state index in [1.807, 2.05) is 0 Å². The molecule has 0 unspecified atom stereocenters. The van der Waals surface area contributed by atoms with Crippen molar-refractivity contribution in [2.75, 3.05) is 0 Å². The van der Waals surface area contributed by atoms with Crippen LogP contribution in [0.2, 0.25) is 0 Å². The number of nitrogens with one attached hydrogen (secondary N) is 1. The van der Waals surface area contributed by atoms with Gasteiger partial charge in [-0.05, 0) is 51.7 Å². The summed E-state index contributed by atoms with van der Waals surface area (Å²) in [6.45, 7) is 3.09. The normalized spacial score (nSPS) is 28.7. The van der Waals surface area contributed by atoms with E-state index in [2.05, 4.69) is 5.32 Å². The number of rotatable bonds is 6. The van der Waals surface area contributed by atoms with Crippen molar-refractivity contribution in [2.45, 2.75) is 119 Å². The Morgan fingerprint density at radius 3 is 2.39 bits per heavy atom. The first-order chi connectivity index (χ1) is 17.1. The van der Waals surface area contributed by atoms with Crippen LogP contribution in [-0.2, 0) is 30.8 Å². The van der Waals surface area contributed by atoms with Gasteiger partial charge in [-0.25, -0.2) is 8.42 Å². The monoisotopic (exact) mass is 519 g/mol. The lowest BCUT2D eigenvalue weighted by Gasteiger charge is -2.48. The Balaban J connectivity index is 1.54. The number of β-lactam (4-membered cyclic amide) rings is 1. The van der Waals surface area contributed by atoms with Gasteiger partial charge in [0.25, 0.3) is 0 Å². The van der Waals surface area contributed by atoms with E-state index in [0.29, 0.717) is 18.6 Å². The van der Waals surface area contributed by atoms with Gasteiger partial charge in [0.15, 0.2) is 9.84 Å². The molecule has 0 radical (unpaired) electrons. The van der Waals surface area contributed by atoms with Crippen LogP contribution >= 0.6 is 0 Å². The summed E-state index contributed by atoms with van der Waals surface area (Å²) in [5, 5.41) is 2.28. The lowest BCUT2D eigenvalue weighted by Crippen LogP contribution is -2.67. The van der Waals surface area contributed by atoms with Gasteiger partial charge in [0, 0.05) is 6.04 Å². The maximum Gasteiger partial charge on any atom is 0.248 e. The number of hydrogen-bond donors (Lipinski definition) is 1. The number of carbonyl (C=O) groups is 3. The Morgan fingerprint density at radius 2 is 1.78 bits per heavy atom. The highest BCUT2D eigenvalue weighted by molar-refractivity contribution is 7.93. The van der Waals surface area contributed by atoms with E-state index >= 15 is 0 Å². The summed E-state index contributed by atoms with van der Waals surface area (Å²) >= 11 is 0. The number of nitrogens with zero attached hydrogens (tertiary/aromatic N) is 2. The van der Waals surface area contributed by atoms with E-state index in [9.17, 15) is 22.8 Å². The fourth-order valence-electron chi connectivity index (χ4n) is 6.70. The molecule has 0 spiro atoms. The molecule has 1 N–H and O–H groups in total. The molecule has 198 valence electrons. The second kappa shape index (κ2) is 9.19. The number of furan rings is 1. The SMILES string of the molecule is CC1(C)[C@@H](C(=O)N(Cc2ccco2)C2(C(=O)NC3CCCCC3)CCCCC2)N2C(=O)C[C@H]2S1(=O)=O. The topological polar surface area (TPSA) is 117 Å². The standard InChI is InChI=1S/C26H37N3O6S/c1-25(2)22(29-20(30)16-21(29)36(25,33)34)23(31)28(17-19-12-9-15-35-19)26(13-7-4-8-14-26)24(32)27-18-10-5-3-6-11-18/h9,12,15,18,21-22H,3-8,10-11,13-14,16-17H2,1-2H3,(H,27,32)/t21-,22-/m1/s1. The quantitative estimate of drug-likeness (QED) is 0.578. The second-order valence-corrected chi connectivity index (χ2v) is 14.1. The molecule has 2 atom stereocenters. The van der Waals surface area contributed by atoms with Gasteiger partial charge in [0.1, 0.15) is 22.7 Å². The van der Waals surface area contributed by atoms with Crippen LogP contribution in [-0.4, -0.2) is 63.7 Å². The molecular weight excluding hydrogens is 482 g/mol.